The van der Waals surface area contributed by atoms with Gasteiger partial charge in [0.05, 0.1) is 7.11 Å². The summed E-state index contributed by atoms with van der Waals surface area (Å²) in [5.74, 6) is 0.943. The van der Waals surface area contributed by atoms with Gasteiger partial charge in [-0.15, -0.1) is 0 Å². The Labute approximate surface area is 172 Å². The summed E-state index contributed by atoms with van der Waals surface area (Å²) in [6.07, 6.45) is 2.05. The number of nitrogens with zero attached hydrogens (tertiary/aromatic N) is 1. The second-order valence-electron chi connectivity index (χ2n) is 7.41. The van der Waals surface area contributed by atoms with Crippen LogP contribution < -0.4 is 10.1 Å². The zero-order valence-corrected chi connectivity index (χ0v) is 16.7. The molecule has 0 bridgehead atoms. The smallest absolute Gasteiger partial charge is 0.253 e. The van der Waals surface area contributed by atoms with Gasteiger partial charge in [-0.3, -0.25) is 4.79 Å². The van der Waals surface area contributed by atoms with Crippen LogP contribution in [0.3, 0.4) is 0 Å². The predicted octanol–water partition coefficient (Wildman–Crippen LogP) is 5.08. The number of rotatable bonds is 5. The van der Waals surface area contributed by atoms with Gasteiger partial charge in [0, 0.05) is 30.4 Å². The van der Waals surface area contributed by atoms with Gasteiger partial charge in [0.2, 0.25) is 0 Å². The lowest BCUT2D eigenvalue weighted by Crippen LogP contribution is -2.45. The van der Waals surface area contributed by atoms with Crippen LogP contribution >= 0.6 is 0 Å². The highest BCUT2D eigenvalue weighted by molar-refractivity contribution is 5.95. The number of ether oxygens (including phenoxy) is 1. The van der Waals surface area contributed by atoms with Gasteiger partial charge < -0.3 is 15.0 Å². The molecule has 1 N–H and O–H groups in total. The SMILES string of the molecule is COc1ccc(N[C@@H]2CCCN(C(=O)c3cccc(-c4ccccc4)c3)C2)cc1. The molecule has 0 aromatic heterocycles. The molecule has 29 heavy (non-hydrogen) atoms. The first-order chi connectivity index (χ1) is 14.2. The summed E-state index contributed by atoms with van der Waals surface area (Å²) in [7, 11) is 1.67. The van der Waals surface area contributed by atoms with Crippen molar-refractivity contribution in [1.29, 1.82) is 0 Å². The van der Waals surface area contributed by atoms with Crippen molar-refractivity contribution in [3.63, 3.8) is 0 Å². The maximum absolute atomic E-state index is 13.1. The first-order valence-electron chi connectivity index (χ1n) is 10.1. The summed E-state index contributed by atoms with van der Waals surface area (Å²) in [4.78, 5) is 15.1. The van der Waals surface area contributed by atoms with Gasteiger partial charge in [-0.25, -0.2) is 0 Å². The Balaban J connectivity index is 1.44. The molecule has 0 saturated carbocycles. The molecule has 148 valence electrons. The quantitative estimate of drug-likeness (QED) is 0.665. The molecule has 4 nitrogen and oxygen atoms in total. The number of hydrogen-bond donors (Lipinski definition) is 1. The van der Waals surface area contributed by atoms with Crippen molar-refractivity contribution in [3.05, 3.63) is 84.4 Å². The second-order valence-corrected chi connectivity index (χ2v) is 7.41. The molecular formula is C25H26N2O2. The van der Waals surface area contributed by atoms with Gasteiger partial charge in [-0.1, -0.05) is 42.5 Å². The van der Waals surface area contributed by atoms with E-state index in [1.807, 2.05) is 65.6 Å². The van der Waals surface area contributed by atoms with Crippen molar-refractivity contribution in [2.24, 2.45) is 0 Å². The van der Waals surface area contributed by atoms with E-state index in [0.29, 0.717) is 6.54 Å². The summed E-state index contributed by atoms with van der Waals surface area (Å²) < 4.78 is 5.22. The number of nitrogens with one attached hydrogen (secondary N) is 1. The average molecular weight is 386 g/mol. The maximum Gasteiger partial charge on any atom is 0.253 e. The topological polar surface area (TPSA) is 41.6 Å². The van der Waals surface area contributed by atoms with Crippen LogP contribution in [0.5, 0.6) is 5.75 Å². The van der Waals surface area contributed by atoms with Crippen LogP contribution in [0.2, 0.25) is 0 Å². The Hall–Kier alpha value is -3.27. The van der Waals surface area contributed by atoms with E-state index in [0.717, 1.165) is 47.5 Å². The van der Waals surface area contributed by atoms with Gasteiger partial charge in [0.15, 0.2) is 0 Å². The summed E-state index contributed by atoms with van der Waals surface area (Å²) in [5, 5.41) is 3.56. The summed E-state index contributed by atoms with van der Waals surface area (Å²) >= 11 is 0. The number of carbonyl (C=O) groups is 1. The van der Waals surface area contributed by atoms with E-state index < -0.39 is 0 Å². The van der Waals surface area contributed by atoms with E-state index in [2.05, 4.69) is 23.5 Å². The number of amides is 1. The van der Waals surface area contributed by atoms with Crippen molar-refractivity contribution in [1.82, 2.24) is 4.90 Å². The lowest BCUT2D eigenvalue weighted by molar-refractivity contribution is 0.0715. The predicted molar refractivity (Wildman–Crippen MR) is 117 cm³/mol. The van der Waals surface area contributed by atoms with E-state index in [9.17, 15) is 4.79 Å². The van der Waals surface area contributed by atoms with Crippen LogP contribution in [0.25, 0.3) is 11.1 Å². The normalized spacial score (nSPS) is 16.3. The molecule has 0 unspecified atom stereocenters. The minimum Gasteiger partial charge on any atom is -0.497 e. The molecule has 3 aromatic carbocycles. The van der Waals surface area contributed by atoms with Crippen LogP contribution in [0.1, 0.15) is 23.2 Å². The average Bonchev–Trinajstić information content (AvgIpc) is 2.80. The molecule has 1 fully saturated rings. The van der Waals surface area contributed by atoms with Crippen LogP contribution in [0.15, 0.2) is 78.9 Å². The van der Waals surface area contributed by atoms with Gasteiger partial charge in [0.25, 0.3) is 5.91 Å². The molecule has 0 spiro atoms. The molecule has 1 heterocycles. The van der Waals surface area contributed by atoms with Crippen molar-refractivity contribution in [2.75, 3.05) is 25.5 Å². The number of hydrogen-bond acceptors (Lipinski definition) is 3. The van der Waals surface area contributed by atoms with E-state index >= 15 is 0 Å². The monoisotopic (exact) mass is 386 g/mol. The third-order valence-corrected chi connectivity index (χ3v) is 5.39. The van der Waals surface area contributed by atoms with Crippen LogP contribution in [0, 0.1) is 0 Å². The van der Waals surface area contributed by atoms with Crippen LogP contribution in [0.4, 0.5) is 5.69 Å². The van der Waals surface area contributed by atoms with Gasteiger partial charge in [0.1, 0.15) is 5.75 Å². The highest BCUT2D eigenvalue weighted by atomic mass is 16.5. The third kappa shape index (κ3) is 4.60. The zero-order valence-electron chi connectivity index (χ0n) is 16.7. The fourth-order valence-corrected chi connectivity index (χ4v) is 3.85. The minimum absolute atomic E-state index is 0.101. The first kappa shape index (κ1) is 19.1. The Kier molecular flexibility index (Phi) is 5.80. The first-order valence-corrected chi connectivity index (χ1v) is 10.1. The summed E-state index contributed by atoms with van der Waals surface area (Å²) in [6, 6.07) is 26.3. The van der Waals surface area contributed by atoms with E-state index in [1.54, 1.807) is 7.11 Å². The van der Waals surface area contributed by atoms with Gasteiger partial charge in [-0.2, -0.15) is 0 Å². The third-order valence-electron chi connectivity index (χ3n) is 5.39. The van der Waals surface area contributed by atoms with Crippen molar-refractivity contribution in [2.45, 2.75) is 18.9 Å². The Morgan fingerprint density at radius 2 is 1.72 bits per heavy atom. The number of carbonyl (C=O) groups excluding carboxylic acids is 1. The molecule has 0 aliphatic carbocycles. The highest BCUT2D eigenvalue weighted by Crippen LogP contribution is 2.23. The molecule has 1 aliphatic rings. The van der Waals surface area contributed by atoms with E-state index in [4.69, 9.17) is 4.74 Å². The fraction of sp³-hybridized carbons (Fsp3) is 0.240. The number of anilines is 1. The summed E-state index contributed by atoms with van der Waals surface area (Å²) in [5.41, 5.74) is 3.99. The standard InChI is InChI=1S/C25H26N2O2/c1-29-24-14-12-22(13-15-24)26-23-11-6-16-27(18-23)25(28)21-10-5-9-20(17-21)19-7-3-2-4-8-19/h2-5,7-10,12-15,17,23,26H,6,11,16,18H2,1H3/t23-/m1/s1. The number of piperidine rings is 1. The minimum atomic E-state index is 0.101. The molecule has 4 heteroatoms. The number of likely N-dealkylation sites (tertiary alicyclic amines) is 1. The van der Waals surface area contributed by atoms with Crippen molar-refractivity contribution < 1.29 is 9.53 Å². The Morgan fingerprint density at radius 3 is 2.48 bits per heavy atom. The van der Waals surface area contributed by atoms with Crippen LogP contribution in [-0.4, -0.2) is 37.0 Å². The molecule has 1 aliphatic heterocycles. The van der Waals surface area contributed by atoms with Gasteiger partial charge >= 0.3 is 0 Å². The molecular weight excluding hydrogens is 360 g/mol. The fourth-order valence-electron chi connectivity index (χ4n) is 3.85. The van der Waals surface area contributed by atoms with E-state index in [1.165, 1.54) is 0 Å². The van der Waals surface area contributed by atoms with Crippen molar-refractivity contribution >= 4 is 11.6 Å². The van der Waals surface area contributed by atoms with Crippen molar-refractivity contribution in [3.8, 4) is 16.9 Å². The molecule has 3 aromatic rings. The largest absolute Gasteiger partial charge is 0.497 e. The molecule has 1 amide bonds. The van der Waals surface area contributed by atoms with Crippen LogP contribution in [-0.2, 0) is 0 Å². The Morgan fingerprint density at radius 1 is 0.966 bits per heavy atom. The maximum atomic E-state index is 13.1. The number of benzene rings is 3. The summed E-state index contributed by atoms with van der Waals surface area (Å²) in [6.45, 7) is 1.51. The Bertz CT molecular complexity index is 954. The molecule has 0 radical (unpaired) electrons. The highest BCUT2D eigenvalue weighted by Gasteiger charge is 2.24. The molecule has 1 atom stereocenters. The van der Waals surface area contributed by atoms with Gasteiger partial charge in [-0.05, 0) is 60.4 Å². The zero-order chi connectivity index (χ0) is 20.1. The second kappa shape index (κ2) is 8.82. The lowest BCUT2D eigenvalue weighted by atomic mass is 10.0. The molecule has 4 rings (SSSR count). The number of methoxy groups -OCH3 is 1. The molecule has 1 saturated heterocycles. The van der Waals surface area contributed by atoms with E-state index in [-0.39, 0.29) is 11.9 Å². The lowest BCUT2D eigenvalue weighted by Gasteiger charge is -2.34.